The van der Waals surface area contributed by atoms with Gasteiger partial charge >= 0.3 is 0 Å². The van der Waals surface area contributed by atoms with Crippen LogP contribution in [0.15, 0.2) is 30.3 Å². The first kappa shape index (κ1) is 21.3. The SMILES string of the molecule is Cc1ccccc1Nc1nc2sc(C(=O)N3C[C@H]4CNC[C@H]4C3)cc2s1.Cl.Cl. The lowest BCUT2D eigenvalue weighted by atomic mass is 10.0. The lowest BCUT2D eigenvalue weighted by Crippen LogP contribution is -2.31. The van der Waals surface area contributed by atoms with Gasteiger partial charge in [-0.15, -0.1) is 36.2 Å². The number of aromatic nitrogens is 1. The Bertz CT molecular complexity index is 946. The molecule has 2 aliphatic heterocycles. The second kappa shape index (κ2) is 8.55. The molecule has 0 bridgehead atoms. The van der Waals surface area contributed by atoms with E-state index in [9.17, 15) is 4.79 Å². The quantitative estimate of drug-likeness (QED) is 0.606. The van der Waals surface area contributed by atoms with E-state index in [-0.39, 0.29) is 30.7 Å². The number of thiophene rings is 1. The maximum Gasteiger partial charge on any atom is 0.264 e. The normalized spacial score (nSPS) is 20.5. The molecule has 1 amide bonds. The maximum atomic E-state index is 12.8. The standard InChI is InChI=1S/C19H20N4OS2.2ClH/c1-11-4-2-3-5-14(11)21-19-22-17-15(26-19)6-16(25-17)18(24)23-9-12-7-20-8-13(12)10-23;;/h2-6,12-13,20H,7-10H2,1H3,(H,21,22);2*1H/t12-,13+;;. The van der Waals surface area contributed by atoms with Crippen molar-refractivity contribution in [3.63, 3.8) is 0 Å². The Balaban J connectivity index is 0.00000112. The zero-order valence-corrected chi connectivity index (χ0v) is 18.6. The van der Waals surface area contributed by atoms with Crippen LogP contribution < -0.4 is 10.6 Å². The second-order valence-corrected chi connectivity index (χ2v) is 9.19. The van der Waals surface area contributed by atoms with Gasteiger partial charge in [-0.3, -0.25) is 4.79 Å². The third-order valence-electron chi connectivity index (χ3n) is 5.36. The van der Waals surface area contributed by atoms with Gasteiger partial charge in [0.15, 0.2) is 5.13 Å². The summed E-state index contributed by atoms with van der Waals surface area (Å²) >= 11 is 3.11. The first-order valence-electron chi connectivity index (χ1n) is 8.90. The molecule has 0 saturated carbocycles. The van der Waals surface area contributed by atoms with Crippen LogP contribution in [-0.4, -0.2) is 42.0 Å². The van der Waals surface area contributed by atoms with Gasteiger partial charge in [0.25, 0.3) is 5.91 Å². The Labute approximate surface area is 184 Å². The highest BCUT2D eigenvalue weighted by Crippen LogP contribution is 2.36. The molecule has 9 heteroatoms. The highest BCUT2D eigenvalue weighted by molar-refractivity contribution is 7.29. The van der Waals surface area contributed by atoms with Gasteiger partial charge in [-0.2, -0.15) is 0 Å². The minimum atomic E-state index is 0. The number of benzene rings is 1. The van der Waals surface area contributed by atoms with Crippen molar-refractivity contribution in [2.45, 2.75) is 6.92 Å². The molecule has 0 aliphatic carbocycles. The van der Waals surface area contributed by atoms with Crippen LogP contribution in [0.1, 0.15) is 15.2 Å². The average molecular weight is 457 g/mol. The number of halogens is 2. The van der Waals surface area contributed by atoms with E-state index in [1.54, 1.807) is 11.3 Å². The van der Waals surface area contributed by atoms with Crippen LogP contribution >= 0.6 is 47.5 Å². The lowest BCUT2D eigenvalue weighted by molar-refractivity contribution is 0.0786. The summed E-state index contributed by atoms with van der Waals surface area (Å²) in [6.45, 7) is 5.94. The molecule has 2 N–H and O–H groups in total. The number of carbonyl (C=O) groups excluding carboxylic acids is 1. The van der Waals surface area contributed by atoms with E-state index in [2.05, 4.69) is 34.7 Å². The Kier molecular flexibility index (Phi) is 6.51. The fourth-order valence-electron chi connectivity index (χ4n) is 3.90. The Morgan fingerprint density at radius 3 is 2.57 bits per heavy atom. The van der Waals surface area contributed by atoms with Crippen LogP contribution in [0.4, 0.5) is 10.8 Å². The molecule has 2 fully saturated rings. The number of aryl methyl sites for hydroxylation is 1. The summed E-state index contributed by atoms with van der Waals surface area (Å²) in [5.74, 6) is 1.43. The van der Waals surface area contributed by atoms with Crippen molar-refractivity contribution in [3.8, 4) is 0 Å². The van der Waals surface area contributed by atoms with Crippen LogP contribution in [-0.2, 0) is 0 Å². The number of hydrogen-bond donors (Lipinski definition) is 2. The van der Waals surface area contributed by atoms with E-state index >= 15 is 0 Å². The number of amides is 1. The summed E-state index contributed by atoms with van der Waals surface area (Å²) in [6.07, 6.45) is 0. The van der Waals surface area contributed by atoms with Gasteiger partial charge in [-0.1, -0.05) is 29.5 Å². The summed E-state index contributed by atoms with van der Waals surface area (Å²) in [7, 11) is 0. The molecule has 5 nitrogen and oxygen atoms in total. The van der Waals surface area contributed by atoms with Gasteiger partial charge < -0.3 is 15.5 Å². The number of nitrogens with one attached hydrogen (secondary N) is 2. The number of rotatable bonds is 3. The number of fused-ring (bicyclic) bond motifs is 2. The number of thiazole rings is 1. The van der Waals surface area contributed by atoms with Gasteiger partial charge in [0, 0.05) is 31.9 Å². The molecule has 2 saturated heterocycles. The van der Waals surface area contributed by atoms with Crippen molar-refractivity contribution in [2.24, 2.45) is 11.8 Å². The molecular weight excluding hydrogens is 435 g/mol. The highest BCUT2D eigenvalue weighted by atomic mass is 35.5. The zero-order chi connectivity index (χ0) is 17.7. The molecule has 2 atom stereocenters. The van der Waals surface area contributed by atoms with Crippen LogP contribution in [0.2, 0.25) is 0 Å². The first-order chi connectivity index (χ1) is 12.7. The minimum Gasteiger partial charge on any atom is -0.337 e. The van der Waals surface area contributed by atoms with Gasteiger partial charge in [-0.05, 0) is 36.5 Å². The summed E-state index contributed by atoms with van der Waals surface area (Å²) in [5.41, 5.74) is 2.26. The van der Waals surface area contributed by atoms with E-state index in [1.165, 1.54) is 16.9 Å². The topological polar surface area (TPSA) is 57.3 Å². The van der Waals surface area contributed by atoms with Crippen LogP contribution in [0.3, 0.4) is 0 Å². The third-order valence-corrected chi connectivity index (χ3v) is 7.43. The van der Waals surface area contributed by atoms with Crippen molar-refractivity contribution in [1.82, 2.24) is 15.2 Å². The number of hydrogen-bond acceptors (Lipinski definition) is 6. The highest BCUT2D eigenvalue weighted by Gasteiger charge is 2.38. The molecule has 1 aromatic carbocycles. The Morgan fingerprint density at radius 2 is 1.89 bits per heavy atom. The monoisotopic (exact) mass is 456 g/mol. The Hall–Kier alpha value is -1.38. The number of carbonyl (C=O) groups is 1. The largest absolute Gasteiger partial charge is 0.337 e. The fourth-order valence-corrected chi connectivity index (χ4v) is 6.00. The van der Waals surface area contributed by atoms with Crippen molar-refractivity contribution >= 4 is 73.7 Å². The number of nitrogens with zero attached hydrogens (tertiary/aromatic N) is 2. The van der Waals surface area contributed by atoms with Gasteiger partial charge in [0.2, 0.25) is 0 Å². The van der Waals surface area contributed by atoms with Crippen LogP contribution in [0.5, 0.6) is 0 Å². The second-order valence-electron chi connectivity index (χ2n) is 7.13. The molecule has 4 heterocycles. The van der Waals surface area contributed by atoms with E-state index in [0.29, 0.717) is 11.8 Å². The minimum absolute atomic E-state index is 0. The molecule has 0 radical (unpaired) electrons. The van der Waals surface area contributed by atoms with Gasteiger partial charge in [0.1, 0.15) is 4.83 Å². The van der Waals surface area contributed by atoms with Crippen molar-refractivity contribution in [3.05, 3.63) is 40.8 Å². The number of para-hydroxylation sites is 1. The fraction of sp³-hybridized carbons (Fsp3) is 0.368. The van der Waals surface area contributed by atoms with E-state index < -0.39 is 0 Å². The predicted molar refractivity (Wildman–Crippen MR) is 122 cm³/mol. The summed E-state index contributed by atoms with van der Waals surface area (Å²) in [6, 6.07) is 10.2. The maximum absolute atomic E-state index is 12.8. The summed E-state index contributed by atoms with van der Waals surface area (Å²) in [4.78, 5) is 21.3. The summed E-state index contributed by atoms with van der Waals surface area (Å²) < 4.78 is 1.08. The third kappa shape index (κ3) is 3.86. The van der Waals surface area contributed by atoms with E-state index in [0.717, 1.165) is 51.4 Å². The predicted octanol–water partition coefficient (Wildman–Crippen LogP) is 4.54. The van der Waals surface area contributed by atoms with Gasteiger partial charge in [0.05, 0.1) is 9.58 Å². The first-order valence-corrected chi connectivity index (χ1v) is 10.5. The molecule has 5 rings (SSSR count). The number of anilines is 2. The smallest absolute Gasteiger partial charge is 0.264 e. The van der Waals surface area contributed by atoms with E-state index in [1.807, 2.05) is 23.1 Å². The molecular formula is C19H22Cl2N4OS2. The lowest BCUT2D eigenvalue weighted by Gasteiger charge is -2.16. The molecule has 0 spiro atoms. The Morgan fingerprint density at radius 1 is 1.18 bits per heavy atom. The van der Waals surface area contributed by atoms with Crippen molar-refractivity contribution < 1.29 is 4.79 Å². The van der Waals surface area contributed by atoms with E-state index in [4.69, 9.17) is 0 Å². The zero-order valence-electron chi connectivity index (χ0n) is 15.3. The molecule has 0 unspecified atom stereocenters. The van der Waals surface area contributed by atoms with Crippen molar-refractivity contribution in [1.29, 1.82) is 0 Å². The van der Waals surface area contributed by atoms with Crippen molar-refractivity contribution in [2.75, 3.05) is 31.5 Å². The molecule has 2 aliphatic rings. The van der Waals surface area contributed by atoms with Gasteiger partial charge in [-0.25, -0.2) is 4.98 Å². The summed E-state index contributed by atoms with van der Waals surface area (Å²) in [5, 5.41) is 7.69. The average Bonchev–Trinajstić information content (AvgIpc) is 3.34. The number of likely N-dealkylation sites (tertiary alicyclic amines) is 1. The van der Waals surface area contributed by atoms with Crippen LogP contribution in [0.25, 0.3) is 9.53 Å². The molecule has 28 heavy (non-hydrogen) atoms. The molecule has 2 aromatic heterocycles. The molecule has 3 aromatic rings. The van der Waals surface area contributed by atoms with Crippen LogP contribution in [0, 0.1) is 18.8 Å². The molecule has 150 valence electrons.